The minimum atomic E-state index is -3.73. The second-order valence-electron chi connectivity index (χ2n) is 7.36. The van der Waals surface area contributed by atoms with Gasteiger partial charge in [0.1, 0.15) is 4.90 Å². The first-order valence-corrected chi connectivity index (χ1v) is 12.1. The number of nitrogens with zero attached hydrogens (tertiary/aromatic N) is 1. The van der Waals surface area contributed by atoms with Crippen molar-refractivity contribution in [3.05, 3.63) is 90.0 Å². The summed E-state index contributed by atoms with van der Waals surface area (Å²) in [6.07, 6.45) is 0. The summed E-state index contributed by atoms with van der Waals surface area (Å²) >= 11 is 1.38. The second kappa shape index (κ2) is 8.30. The van der Waals surface area contributed by atoms with Gasteiger partial charge in [0, 0.05) is 11.9 Å². The maximum Gasteiger partial charge on any atom is 0.209 e. The average Bonchev–Trinajstić information content (AvgIpc) is 3.02. The molecule has 0 saturated carbocycles. The van der Waals surface area contributed by atoms with Crippen LogP contribution in [0.3, 0.4) is 0 Å². The van der Waals surface area contributed by atoms with Crippen LogP contribution < -0.4 is 5.73 Å². The summed E-state index contributed by atoms with van der Waals surface area (Å²) < 4.78 is 29.6. The Morgan fingerprint density at radius 1 is 0.933 bits per heavy atom. The van der Waals surface area contributed by atoms with Crippen LogP contribution in [0.5, 0.6) is 0 Å². The van der Waals surface area contributed by atoms with Gasteiger partial charge >= 0.3 is 0 Å². The summed E-state index contributed by atoms with van der Waals surface area (Å²) in [5.41, 5.74) is 9.14. The van der Waals surface area contributed by atoms with E-state index in [-0.39, 0.29) is 5.37 Å². The Kier molecular flexibility index (Phi) is 5.73. The summed E-state index contributed by atoms with van der Waals surface area (Å²) in [5, 5.41) is 1.14. The zero-order valence-corrected chi connectivity index (χ0v) is 18.6. The fourth-order valence-electron chi connectivity index (χ4n) is 3.56. The van der Waals surface area contributed by atoms with Gasteiger partial charge in [-0.1, -0.05) is 78.0 Å². The van der Waals surface area contributed by atoms with Crippen LogP contribution >= 0.6 is 11.8 Å². The van der Waals surface area contributed by atoms with Crippen LogP contribution in [0.2, 0.25) is 0 Å². The van der Waals surface area contributed by atoms with Crippen molar-refractivity contribution in [1.82, 2.24) is 4.57 Å². The Bertz CT molecular complexity index is 1280. The van der Waals surface area contributed by atoms with Crippen LogP contribution in [-0.2, 0) is 16.4 Å². The standard InChI is InChI=1S/C24H24N2O2S2/c1-17-12-14-20(15-13-17)30(27,28)23-21-10-6-7-11-22(21)26(24(23)29-18(2)25)16-19-8-4-3-5-9-19/h3-15,18H,16,25H2,1-2H3. The van der Waals surface area contributed by atoms with Gasteiger partial charge in [0.25, 0.3) is 0 Å². The van der Waals surface area contributed by atoms with Crippen molar-refractivity contribution in [1.29, 1.82) is 0 Å². The Balaban J connectivity index is 2.00. The molecule has 4 nitrogen and oxygen atoms in total. The normalized spacial score (nSPS) is 12.9. The number of para-hydroxylation sites is 1. The number of sulfone groups is 1. The molecule has 30 heavy (non-hydrogen) atoms. The molecule has 0 spiro atoms. The monoisotopic (exact) mass is 436 g/mol. The highest BCUT2D eigenvalue weighted by Crippen LogP contribution is 2.40. The zero-order chi connectivity index (χ0) is 21.3. The first kappa shape index (κ1) is 20.7. The van der Waals surface area contributed by atoms with Gasteiger partial charge < -0.3 is 10.3 Å². The Morgan fingerprint density at radius 2 is 1.57 bits per heavy atom. The molecule has 4 aromatic rings. The van der Waals surface area contributed by atoms with Gasteiger partial charge in [0.2, 0.25) is 9.84 Å². The van der Waals surface area contributed by atoms with Crippen LogP contribution in [0.15, 0.2) is 93.7 Å². The van der Waals surface area contributed by atoms with E-state index in [9.17, 15) is 8.42 Å². The van der Waals surface area contributed by atoms with Crippen molar-refractivity contribution in [2.45, 2.75) is 40.6 Å². The van der Waals surface area contributed by atoms with Crippen LogP contribution in [0.1, 0.15) is 18.1 Å². The molecule has 1 heterocycles. The molecular formula is C24H24N2O2S2. The highest BCUT2D eigenvalue weighted by Gasteiger charge is 2.29. The van der Waals surface area contributed by atoms with Gasteiger partial charge in [0.15, 0.2) is 0 Å². The third-order valence-electron chi connectivity index (χ3n) is 4.96. The maximum atomic E-state index is 13.8. The SMILES string of the molecule is Cc1ccc(S(=O)(=O)c2c(SC(C)N)n(Cc3ccccc3)c3ccccc23)cc1. The largest absolute Gasteiger partial charge is 0.330 e. The van der Waals surface area contributed by atoms with Gasteiger partial charge in [-0.15, -0.1) is 0 Å². The zero-order valence-electron chi connectivity index (χ0n) is 16.9. The fraction of sp³-hybridized carbons (Fsp3) is 0.167. The highest BCUT2D eigenvalue weighted by atomic mass is 32.2. The molecule has 154 valence electrons. The second-order valence-corrected chi connectivity index (χ2v) is 10.6. The molecule has 1 atom stereocenters. The molecular weight excluding hydrogens is 412 g/mol. The number of nitrogens with two attached hydrogens (primary N) is 1. The van der Waals surface area contributed by atoms with Crippen LogP contribution in [0.25, 0.3) is 10.9 Å². The number of aromatic nitrogens is 1. The van der Waals surface area contributed by atoms with Gasteiger partial charge in [0.05, 0.1) is 20.8 Å². The number of hydrogen-bond acceptors (Lipinski definition) is 4. The molecule has 0 radical (unpaired) electrons. The van der Waals surface area contributed by atoms with E-state index in [0.29, 0.717) is 21.4 Å². The smallest absolute Gasteiger partial charge is 0.209 e. The number of rotatable bonds is 6. The summed E-state index contributed by atoms with van der Waals surface area (Å²) in [7, 11) is -3.73. The molecule has 1 aromatic heterocycles. The third kappa shape index (κ3) is 3.90. The van der Waals surface area contributed by atoms with Gasteiger partial charge in [-0.3, -0.25) is 0 Å². The molecule has 0 aliphatic carbocycles. The summed E-state index contributed by atoms with van der Waals surface area (Å²) in [6, 6.07) is 24.7. The van der Waals surface area contributed by atoms with E-state index in [1.54, 1.807) is 12.1 Å². The molecule has 4 rings (SSSR count). The van der Waals surface area contributed by atoms with Gasteiger partial charge in [-0.25, -0.2) is 8.42 Å². The van der Waals surface area contributed by atoms with E-state index in [2.05, 4.69) is 4.57 Å². The number of fused-ring (bicyclic) bond motifs is 1. The number of aryl methyl sites for hydroxylation is 1. The van der Waals surface area contributed by atoms with Gasteiger partial charge in [-0.2, -0.15) is 0 Å². The quantitative estimate of drug-likeness (QED) is 0.332. The lowest BCUT2D eigenvalue weighted by Crippen LogP contribution is -2.13. The third-order valence-corrected chi connectivity index (χ3v) is 7.95. The molecule has 0 saturated heterocycles. The lowest BCUT2D eigenvalue weighted by Gasteiger charge is -2.14. The molecule has 0 aliphatic rings. The molecule has 0 aliphatic heterocycles. The lowest BCUT2D eigenvalue weighted by molar-refractivity contribution is 0.592. The van der Waals surface area contributed by atoms with Crippen molar-refractivity contribution < 1.29 is 8.42 Å². The number of hydrogen-bond donors (Lipinski definition) is 1. The summed E-state index contributed by atoms with van der Waals surface area (Å²) in [4.78, 5) is 0.627. The Morgan fingerprint density at radius 3 is 2.23 bits per heavy atom. The molecule has 2 N–H and O–H groups in total. The van der Waals surface area contributed by atoms with Crippen molar-refractivity contribution in [2.24, 2.45) is 5.73 Å². The average molecular weight is 437 g/mol. The highest BCUT2D eigenvalue weighted by molar-refractivity contribution is 8.00. The van der Waals surface area contributed by atoms with Crippen molar-refractivity contribution in [3.8, 4) is 0 Å². The molecule has 6 heteroatoms. The molecule has 0 bridgehead atoms. The first-order chi connectivity index (χ1) is 14.4. The van der Waals surface area contributed by atoms with Crippen molar-refractivity contribution in [3.63, 3.8) is 0 Å². The van der Waals surface area contributed by atoms with Crippen LogP contribution in [-0.4, -0.2) is 18.4 Å². The van der Waals surface area contributed by atoms with E-state index in [4.69, 9.17) is 5.73 Å². The summed E-state index contributed by atoms with van der Waals surface area (Å²) in [5.74, 6) is 0. The predicted octanol–water partition coefficient (Wildman–Crippen LogP) is 5.23. The Labute approximate surface area is 181 Å². The van der Waals surface area contributed by atoms with E-state index < -0.39 is 9.84 Å². The van der Waals surface area contributed by atoms with Crippen molar-refractivity contribution in [2.75, 3.05) is 0 Å². The minimum Gasteiger partial charge on any atom is -0.330 e. The number of thioether (sulfide) groups is 1. The first-order valence-electron chi connectivity index (χ1n) is 9.77. The van der Waals surface area contributed by atoms with E-state index in [1.807, 2.05) is 80.6 Å². The minimum absolute atomic E-state index is 0.254. The Hall–Kier alpha value is -2.54. The van der Waals surface area contributed by atoms with E-state index in [0.717, 1.165) is 22.0 Å². The predicted molar refractivity (Wildman–Crippen MR) is 124 cm³/mol. The molecule has 1 unspecified atom stereocenters. The maximum absolute atomic E-state index is 13.8. The summed E-state index contributed by atoms with van der Waals surface area (Å²) in [6.45, 7) is 4.39. The molecule has 0 fully saturated rings. The fourth-order valence-corrected chi connectivity index (χ4v) is 6.42. The van der Waals surface area contributed by atoms with Crippen molar-refractivity contribution >= 4 is 32.5 Å². The molecule has 0 amide bonds. The lowest BCUT2D eigenvalue weighted by atomic mass is 10.2. The van der Waals surface area contributed by atoms with Crippen LogP contribution in [0, 0.1) is 6.92 Å². The number of benzene rings is 3. The van der Waals surface area contributed by atoms with Gasteiger partial charge in [-0.05, 0) is 37.6 Å². The van der Waals surface area contributed by atoms with Crippen LogP contribution in [0.4, 0.5) is 0 Å². The topological polar surface area (TPSA) is 65.1 Å². The molecule has 3 aromatic carbocycles. The van der Waals surface area contributed by atoms with E-state index in [1.165, 1.54) is 11.8 Å². The van der Waals surface area contributed by atoms with E-state index >= 15 is 0 Å².